The summed E-state index contributed by atoms with van der Waals surface area (Å²) in [5.74, 6) is -0.200. The fourth-order valence-electron chi connectivity index (χ4n) is 1.99. The Bertz CT molecular complexity index is 600. The third-order valence-corrected chi connectivity index (χ3v) is 4.74. The number of hydrogen-bond acceptors (Lipinski definition) is 4. The SMILES string of the molecule is O=C(NCCNS(=O)(=O)c1cccc(Cl)c1)[C@@H]1CCCO1. The first kappa shape index (κ1) is 16.2. The van der Waals surface area contributed by atoms with Gasteiger partial charge in [-0.05, 0) is 31.0 Å². The maximum Gasteiger partial charge on any atom is 0.249 e. The van der Waals surface area contributed by atoms with Crippen molar-refractivity contribution < 1.29 is 17.9 Å². The van der Waals surface area contributed by atoms with Gasteiger partial charge in [0.05, 0.1) is 4.90 Å². The normalized spacial score (nSPS) is 18.6. The van der Waals surface area contributed by atoms with E-state index in [-0.39, 0.29) is 23.9 Å². The van der Waals surface area contributed by atoms with Crippen LogP contribution in [0.4, 0.5) is 0 Å². The van der Waals surface area contributed by atoms with Crippen LogP contribution < -0.4 is 10.0 Å². The van der Waals surface area contributed by atoms with Gasteiger partial charge in [-0.25, -0.2) is 13.1 Å². The molecule has 1 aromatic rings. The molecule has 1 heterocycles. The highest BCUT2D eigenvalue weighted by Crippen LogP contribution is 2.15. The van der Waals surface area contributed by atoms with Crippen LogP contribution in [0.15, 0.2) is 29.2 Å². The van der Waals surface area contributed by atoms with Crippen LogP contribution in [0.2, 0.25) is 5.02 Å². The lowest BCUT2D eigenvalue weighted by Crippen LogP contribution is -2.39. The van der Waals surface area contributed by atoms with Crippen LogP contribution >= 0.6 is 11.6 Å². The van der Waals surface area contributed by atoms with Gasteiger partial charge in [-0.15, -0.1) is 0 Å². The summed E-state index contributed by atoms with van der Waals surface area (Å²) in [6.07, 6.45) is 1.18. The van der Waals surface area contributed by atoms with Gasteiger partial charge in [-0.3, -0.25) is 4.79 Å². The number of hydrogen-bond donors (Lipinski definition) is 2. The molecule has 0 aliphatic carbocycles. The van der Waals surface area contributed by atoms with Gasteiger partial charge in [0.25, 0.3) is 0 Å². The molecule has 1 saturated heterocycles. The van der Waals surface area contributed by atoms with Crippen LogP contribution in [0.1, 0.15) is 12.8 Å². The number of carbonyl (C=O) groups excluding carboxylic acids is 1. The Kier molecular flexibility index (Phi) is 5.58. The summed E-state index contributed by atoms with van der Waals surface area (Å²) in [7, 11) is -3.62. The van der Waals surface area contributed by atoms with Gasteiger partial charge in [-0.2, -0.15) is 0 Å². The number of amides is 1. The van der Waals surface area contributed by atoms with Crippen molar-refractivity contribution in [2.24, 2.45) is 0 Å². The van der Waals surface area contributed by atoms with E-state index in [0.29, 0.717) is 18.1 Å². The molecular formula is C13H17ClN2O4S. The van der Waals surface area contributed by atoms with E-state index in [1.807, 2.05) is 0 Å². The molecule has 0 aromatic heterocycles. The van der Waals surface area contributed by atoms with Crippen molar-refractivity contribution in [3.05, 3.63) is 29.3 Å². The summed E-state index contributed by atoms with van der Waals surface area (Å²) in [6, 6.07) is 5.99. The fraction of sp³-hybridized carbons (Fsp3) is 0.462. The Labute approximate surface area is 128 Å². The molecule has 1 aliphatic rings. The number of halogens is 1. The van der Waals surface area contributed by atoms with E-state index in [1.165, 1.54) is 12.1 Å². The van der Waals surface area contributed by atoms with Crippen molar-refractivity contribution in [2.45, 2.75) is 23.8 Å². The molecule has 0 saturated carbocycles. The lowest BCUT2D eigenvalue weighted by atomic mass is 10.2. The van der Waals surface area contributed by atoms with E-state index in [1.54, 1.807) is 12.1 Å². The molecule has 2 N–H and O–H groups in total. The predicted octanol–water partition coefficient (Wildman–Crippen LogP) is 0.913. The van der Waals surface area contributed by atoms with Crippen LogP contribution in [0.3, 0.4) is 0 Å². The maximum atomic E-state index is 12.0. The minimum absolute atomic E-state index is 0.0976. The number of nitrogens with one attached hydrogen (secondary N) is 2. The highest BCUT2D eigenvalue weighted by atomic mass is 35.5. The van der Waals surface area contributed by atoms with Gasteiger partial charge in [0.1, 0.15) is 6.10 Å². The summed E-state index contributed by atoms with van der Waals surface area (Å²) >= 11 is 5.76. The average molecular weight is 333 g/mol. The van der Waals surface area contributed by atoms with Gasteiger partial charge in [-0.1, -0.05) is 17.7 Å². The first-order chi connectivity index (χ1) is 9.99. The van der Waals surface area contributed by atoms with Crippen LogP contribution in [0.25, 0.3) is 0 Å². The minimum atomic E-state index is -3.62. The summed E-state index contributed by atoms with van der Waals surface area (Å²) < 4.78 is 31.6. The van der Waals surface area contributed by atoms with Gasteiger partial charge >= 0.3 is 0 Å². The highest BCUT2D eigenvalue weighted by molar-refractivity contribution is 7.89. The lowest BCUT2D eigenvalue weighted by Gasteiger charge is -2.11. The molecule has 2 rings (SSSR count). The molecule has 21 heavy (non-hydrogen) atoms. The van der Waals surface area contributed by atoms with Crippen LogP contribution in [-0.4, -0.2) is 40.1 Å². The van der Waals surface area contributed by atoms with Crippen molar-refractivity contribution in [3.8, 4) is 0 Å². The summed E-state index contributed by atoms with van der Waals surface area (Å²) in [5, 5.41) is 2.99. The van der Waals surface area contributed by atoms with Crippen molar-refractivity contribution in [1.29, 1.82) is 0 Å². The second kappa shape index (κ2) is 7.22. The molecule has 116 valence electrons. The Hall–Kier alpha value is -1.15. The number of carbonyl (C=O) groups is 1. The van der Waals surface area contributed by atoms with Crippen molar-refractivity contribution in [2.75, 3.05) is 19.7 Å². The summed E-state index contributed by atoms with van der Waals surface area (Å²) in [5.41, 5.74) is 0. The monoisotopic (exact) mass is 332 g/mol. The van der Waals surface area contributed by atoms with E-state index in [0.717, 1.165) is 6.42 Å². The number of sulfonamides is 1. The number of ether oxygens (including phenoxy) is 1. The molecule has 1 atom stereocenters. The van der Waals surface area contributed by atoms with Gasteiger partial charge in [0, 0.05) is 24.7 Å². The third-order valence-electron chi connectivity index (χ3n) is 3.04. The molecule has 0 radical (unpaired) electrons. The molecule has 6 nitrogen and oxygen atoms in total. The molecule has 1 amide bonds. The molecular weight excluding hydrogens is 316 g/mol. The first-order valence-corrected chi connectivity index (χ1v) is 8.50. The van der Waals surface area contributed by atoms with E-state index < -0.39 is 16.1 Å². The average Bonchev–Trinajstić information content (AvgIpc) is 2.97. The van der Waals surface area contributed by atoms with Crippen LogP contribution in [0.5, 0.6) is 0 Å². The largest absolute Gasteiger partial charge is 0.368 e. The van der Waals surface area contributed by atoms with Gasteiger partial charge in [0.15, 0.2) is 0 Å². The van der Waals surface area contributed by atoms with Crippen molar-refractivity contribution >= 4 is 27.5 Å². The predicted molar refractivity (Wildman–Crippen MR) is 78.6 cm³/mol. The Morgan fingerprint density at radius 1 is 1.38 bits per heavy atom. The molecule has 8 heteroatoms. The molecule has 0 unspecified atom stereocenters. The number of rotatable bonds is 6. The van der Waals surface area contributed by atoms with E-state index in [9.17, 15) is 13.2 Å². The standard InChI is InChI=1S/C13H17ClN2O4S/c14-10-3-1-4-11(9-10)21(18,19)16-7-6-15-13(17)12-5-2-8-20-12/h1,3-4,9,12,16H,2,5-8H2,(H,15,17)/t12-/m0/s1. The topological polar surface area (TPSA) is 84.5 Å². The zero-order valence-electron chi connectivity index (χ0n) is 11.3. The molecule has 1 aliphatic heterocycles. The molecule has 0 spiro atoms. The molecule has 0 bridgehead atoms. The zero-order chi connectivity index (χ0) is 15.3. The Morgan fingerprint density at radius 2 is 2.19 bits per heavy atom. The van der Waals surface area contributed by atoms with Crippen LogP contribution in [0, 0.1) is 0 Å². The van der Waals surface area contributed by atoms with Gasteiger partial charge in [0.2, 0.25) is 15.9 Å². The second-order valence-electron chi connectivity index (χ2n) is 4.65. The first-order valence-electron chi connectivity index (χ1n) is 6.63. The summed E-state index contributed by atoms with van der Waals surface area (Å²) in [6.45, 7) is 0.908. The Balaban J connectivity index is 1.78. The smallest absolute Gasteiger partial charge is 0.249 e. The van der Waals surface area contributed by atoms with E-state index in [2.05, 4.69) is 10.0 Å². The number of benzene rings is 1. The zero-order valence-corrected chi connectivity index (χ0v) is 12.9. The highest BCUT2D eigenvalue weighted by Gasteiger charge is 2.23. The molecule has 1 aromatic carbocycles. The van der Waals surface area contributed by atoms with E-state index in [4.69, 9.17) is 16.3 Å². The van der Waals surface area contributed by atoms with Gasteiger partial charge < -0.3 is 10.1 Å². The molecule has 1 fully saturated rings. The quantitative estimate of drug-likeness (QED) is 0.758. The third kappa shape index (κ3) is 4.67. The van der Waals surface area contributed by atoms with Crippen LogP contribution in [-0.2, 0) is 19.6 Å². The fourth-order valence-corrected chi connectivity index (χ4v) is 3.32. The second-order valence-corrected chi connectivity index (χ2v) is 6.85. The maximum absolute atomic E-state index is 12.0. The van der Waals surface area contributed by atoms with Crippen molar-refractivity contribution in [1.82, 2.24) is 10.0 Å². The van der Waals surface area contributed by atoms with Crippen molar-refractivity contribution in [3.63, 3.8) is 0 Å². The Morgan fingerprint density at radius 3 is 2.86 bits per heavy atom. The van der Waals surface area contributed by atoms with E-state index >= 15 is 0 Å². The minimum Gasteiger partial charge on any atom is -0.368 e. The lowest BCUT2D eigenvalue weighted by molar-refractivity contribution is -0.129. The summed E-state index contributed by atoms with van der Waals surface area (Å²) in [4.78, 5) is 11.8.